The van der Waals surface area contributed by atoms with Gasteiger partial charge in [0.2, 0.25) is 0 Å². The molecule has 2 aromatic carbocycles. The molecule has 2 rings (SSSR count). The number of benzene rings is 2. The van der Waals surface area contributed by atoms with Gasteiger partial charge in [0.25, 0.3) is 0 Å². The Bertz CT molecular complexity index is 561. The van der Waals surface area contributed by atoms with E-state index in [1.54, 1.807) is 0 Å². The number of hydrogen-bond acceptors (Lipinski definition) is 1. The number of aryl methyl sites for hydroxylation is 1. The molecule has 1 N–H and O–H groups in total. The minimum atomic E-state index is -0.403. The van der Waals surface area contributed by atoms with Gasteiger partial charge in [0.05, 0.1) is 6.10 Å². The largest absolute Gasteiger partial charge is 0.389 e. The molecule has 1 atom stereocenters. The zero-order valence-corrected chi connectivity index (χ0v) is 12.4. The molecule has 0 amide bonds. The lowest BCUT2D eigenvalue weighted by atomic mass is 9.86. The fraction of sp³-hybridized carbons (Fsp3) is 0.444. The van der Waals surface area contributed by atoms with E-state index in [-0.39, 0.29) is 0 Å². The van der Waals surface area contributed by atoms with Crippen molar-refractivity contribution in [3.05, 3.63) is 47.5 Å². The predicted octanol–water partition coefficient (Wildman–Crippen LogP) is 4.87. The molecular weight excluding hydrogens is 232 g/mol. The molecule has 0 aromatic heterocycles. The molecule has 0 aliphatic heterocycles. The highest BCUT2D eigenvalue weighted by Gasteiger charge is 2.14. The van der Waals surface area contributed by atoms with Crippen LogP contribution in [0.15, 0.2) is 36.4 Å². The van der Waals surface area contributed by atoms with Crippen molar-refractivity contribution in [1.82, 2.24) is 0 Å². The van der Waals surface area contributed by atoms with E-state index in [1.807, 2.05) is 13.0 Å². The van der Waals surface area contributed by atoms with Crippen LogP contribution in [0.5, 0.6) is 0 Å². The molecule has 19 heavy (non-hydrogen) atoms. The maximum atomic E-state index is 9.99. The van der Waals surface area contributed by atoms with Crippen LogP contribution in [-0.4, -0.2) is 5.11 Å². The van der Waals surface area contributed by atoms with Gasteiger partial charge in [0.15, 0.2) is 0 Å². The predicted molar refractivity (Wildman–Crippen MR) is 82.4 cm³/mol. The molecule has 102 valence electrons. The smallest absolute Gasteiger partial charge is 0.0764 e. The SMILES string of the molecule is CC(O)c1cc2ccccc2cc1CCC(C)(C)C. The normalized spacial score (nSPS) is 13.7. The summed E-state index contributed by atoms with van der Waals surface area (Å²) < 4.78 is 0. The average Bonchev–Trinajstić information content (AvgIpc) is 2.34. The van der Waals surface area contributed by atoms with Crippen molar-refractivity contribution in [2.24, 2.45) is 5.41 Å². The van der Waals surface area contributed by atoms with E-state index in [1.165, 1.54) is 16.3 Å². The van der Waals surface area contributed by atoms with Crippen LogP contribution in [0.1, 0.15) is 51.3 Å². The summed E-state index contributed by atoms with van der Waals surface area (Å²) in [5, 5.41) is 12.5. The molecule has 0 radical (unpaired) electrons. The van der Waals surface area contributed by atoms with Gasteiger partial charge in [0.1, 0.15) is 0 Å². The summed E-state index contributed by atoms with van der Waals surface area (Å²) in [5.41, 5.74) is 2.67. The van der Waals surface area contributed by atoms with E-state index in [4.69, 9.17) is 0 Å². The highest BCUT2D eigenvalue weighted by Crippen LogP contribution is 2.29. The fourth-order valence-electron chi connectivity index (χ4n) is 2.42. The van der Waals surface area contributed by atoms with Gasteiger partial charge in [-0.25, -0.2) is 0 Å². The number of hydrogen-bond donors (Lipinski definition) is 1. The first-order valence-electron chi connectivity index (χ1n) is 7.06. The minimum Gasteiger partial charge on any atom is -0.389 e. The second-order valence-electron chi connectivity index (χ2n) is 6.63. The highest BCUT2D eigenvalue weighted by molar-refractivity contribution is 5.84. The molecule has 0 aliphatic rings. The Hall–Kier alpha value is -1.34. The molecular formula is C18H24O. The monoisotopic (exact) mass is 256 g/mol. The lowest BCUT2D eigenvalue weighted by molar-refractivity contribution is 0.198. The zero-order chi connectivity index (χ0) is 14.0. The Kier molecular flexibility index (Phi) is 3.96. The number of aliphatic hydroxyl groups excluding tert-OH is 1. The molecule has 1 heteroatoms. The summed E-state index contributed by atoms with van der Waals surface area (Å²) in [6.45, 7) is 8.63. The van der Waals surface area contributed by atoms with E-state index in [9.17, 15) is 5.11 Å². The van der Waals surface area contributed by atoms with E-state index in [0.29, 0.717) is 5.41 Å². The fourth-order valence-corrected chi connectivity index (χ4v) is 2.42. The Labute approximate surface area is 116 Å². The van der Waals surface area contributed by atoms with Crippen LogP contribution in [0.2, 0.25) is 0 Å². The Morgan fingerprint density at radius 1 is 1.05 bits per heavy atom. The number of rotatable bonds is 3. The first kappa shape index (κ1) is 14.1. The third kappa shape index (κ3) is 3.57. The summed E-state index contributed by atoms with van der Waals surface area (Å²) in [4.78, 5) is 0. The van der Waals surface area contributed by atoms with E-state index in [0.717, 1.165) is 18.4 Å². The molecule has 0 aliphatic carbocycles. The van der Waals surface area contributed by atoms with Gasteiger partial charge in [-0.2, -0.15) is 0 Å². The van der Waals surface area contributed by atoms with Crippen LogP contribution in [0, 0.1) is 5.41 Å². The van der Waals surface area contributed by atoms with Gasteiger partial charge in [-0.05, 0) is 53.1 Å². The van der Waals surface area contributed by atoms with E-state index >= 15 is 0 Å². The molecule has 2 aromatic rings. The van der Waals surface area contributed by atoms with Crippen molar-refractivity contribution in [2.75, 3.05) is 0 Å². The van der Waals surface area contributed by atoms with Crippen molar-refractivity contribution in [3.63, 3.8) is 0 Å². The minimum absolute atomic E-state index is 0.321. The van der Waals surface area contributed by atoms with Gasteiger partial charge in [-0.1, -0.05) is 51.1 Å². The van der Waals surface area contributed by atoms with Gasteiger partial charge in [0, 0.05) is 0 Å². The topological polar surface area (TPSA) is 20.2 Å². The first-order valence-corrected chi connectivity index (χ1v) is 7.06. The van der Waals surface area contributed by atoms with Gasteiger partial charge >= 0.3 is 0 Å². The van der Waals surface area contributed by atoms with Crippen molar-refractivity contribution < 1.29 is 5.11 Å². The standard InChI is InChI=1S/C18H24O/c1-13(19)17-12-15-8-6-5-7-14(15)11-16(17)9-10-18(2,3)4/h5-8,11-13,19H,9-10H2,1-4H3. The van der Waals surface area contributed by atoms with E-state index in [2.05, 4.69) is 51.1 Å². The third-order valence-corrected chi connectivity index (χ3v) is 3.60. The van der Waals surface area contributed by atoms with Crippen molar-refractivity contribution in [3.8, 4) is 0 Å². The van der Waals surface area contributed by atoms with Gasteiger partial charge in [-0.15, -0.1) is 0 Å². The molecule has 0 saturated heterocycles. The summed E-state index contributed by atoms with van der Waals surface area (Å²) in [5.74, 6) is 0. The molecule has 1 nitrogen and oxygen atoms in total. The zero-order valence-electron chi connectivity index (χ0n) is 12.4. The third-order valence-electron chi connectivity index (χ3n) is 3.60. The van der Waals surface area contributed by atoms with Crippen LogP contribution in [0.3, 0.4) is 0 Å². The molecule has 0 saturated carbocycles. The quantitative estimate of drug-likeness (QED) is 0.830. The van der Waals surface area contributed by atoms with Crippen LogP contribution >= 0.6 is 0 Å². The second-order valence-corrected chi connectivity index (χ2v) is 6.63. The Morgan fingerprint density at radius 3 is 2.16 bits per heavy atom. The van der Waals surface area contributed by atoms with Gasteiger partial charge in [-0.3, -0.25) is 0 Å². The van der Waals surface area contributed by atoms with Crippen molar-refractivity contribution in [1.29, 1.82) is 0 Å². The molecule has 1 unspecified atom stereocenters. The average molecular weight is 256 g/mol. The van der Waals surface area contributed by atoms with Crippen molar-refractivity contribution >= 4 is 10.8 Å². The lowest BCUT2D eigenvalue weighted by Gasteiger charge is -2.20. The summed E-state index contributed by atoms with van der Waals surface area (Å²) in [7, 11) is 0. The number of aliphatic hydroxyl groups is 1. The highest BCUT2D eigenvalue weighted by atomic mass is 16.3. The Morgan fingerprint density at radius 2 is 1.63 bits per heavy atom. The molecule has 0 fully saturated rings. The summed E-state index contributed by atoms with van der Waals surface area (Å²) in [6, 6.07) is 12.7. The summed E-state index contributed by atoms with van der Waals surface area (Å²) in [6.07, 6.45) is 1.75. The maximum Gasteiger partial charge on any atom is 0.0764 e. The first-order chi connectivity index (χ1) is 8.87. The number of fused-ring (bicyclic) bond motifs is 1. The second kappa shape index (κ2) is 5.34. The molecule has 0 heterocycles. The lowest BCUT2D eigenvalue weighted by Crippen LogP contribution is -2.08. The van der Waals surface area contributed by atoms with Crippen LogP contribution < -0.4 is 0 Å². The van der Waals surface area contributed by atoms with Crippen LogP contribution in [0.25, 0.3) is 10.8 Å². The maximum absolute atomic E-state index is 9.99. The van der Waals surface area contributed by atoms with Crippen molar-refractivity contribution in [2.45, 2.75) is 46.6 Å². The van der Waals surface area contributed by atoms with Crippen LogP contribution in [-0.2, 0) is 6.42 Å². The summed E-state index contributed by atoms with van der Waals surface area (Å²) >= 11 is 0. The van der Waals surface area contributed by atoms with Gasteiger partial charge < -0.3 is 5.11 Å². The van der Waals surface area contributed by atoms with E-state index < -0.39 is 6.10 Å². The molecule has 0 spiro atoms. The molecule has 0 bridgehead atoms. The Balaban J connectivity index is 2.42. The van der Waals surface area contributed by atoms with Crippen LogP contribution in [0.4, 0.5) is 0 Å².